The van der Waals surface area contributed by atoms with Gasteiger partial charge in [-0.05, 0) is 18.1 Å². The average Bonchev–Trinajstić information content (AvgIpc) is 3.24. The predicted octanol–water partition coefficient (Wildman–Crippen LogP) is 4.08. The van der Waals surface area contributed by atoms with Crippen molar-refractivity contribution in [2.24, 2.45) is 11.3 Å². The molecular weight excluding hydrogens is 508 g/mol. The molecule has 1 fully saturated rings. The van der Waals surface area contributed by atoms with Gasteiger partial charge >= 0.3 is 0 Å². The molecule has 0 aliphatic carbocycles. The number of para-hydroxylation sites is 1. The number of nitriles is 1. The third-order valence-electron chi connectivity index (χ3n) is 7.37. The topological polar surface area (TPSA) is 132 Å². The maximum Gasteiger partial charge on any atom is 0.268 e. The zero-order valence-corrected chi connectivity index (χ0v) is 22.5. The van der Waals surface area contributed by atoms with Crippen molar-refractivity contribution in [3.63, 3.8) is 0 Å². The van der Waals surface area contributed by atoms with Crippen LogP contribution in [0.3, 0.4) is 0 Å². The molecule has 3 rings (SSSR count). The number of amides is 3. The quantitative estimate of drug-likeness (QED) is 0.466. The normalized spacial score (nSPS) is 17.4. The molecule has 3 amide bonds. The molecule has 0 spiro atoms. The van der Waals surface area contributed by atoms with Crippen molar-refractivity contribution >= 4 is 40.1 Å². The molecule has 1 unspecified atom stereocenters. The second kappa shape index (κ2) is 11.8. The van der Waals surface area contributed by atoms with E-state index in [0.29, 0.717) is 35.9 Å². The Balaban J connectivity index is 1.78. The van der Waals surface area contributed by atoms with Crippen molar-refractivity contribution in [2.75, 3.05) is 18.4 Å². The lowest BCUT2D eigenvalue weighted by molar-refractivity contribution is -0.131. The zero-order valence-electron chi connectivity index (χ0n) is 22.5. The SMILES string of the molecule is CCC(=O)CC(CC)C(C)(C)C(=O)Nc1cccc2c(C(=O)NCC(=O)N3CC(F)(F)C[C@H]3C#N)ccnc12. The average molecular weight is 542 g/mol. The number of likely N-dealkylation sites (tertiary alicyclic amines) is 1. The lowest BCUT2D eigenvalue weighted by atomic mass is 9.73. The molecule has 0 saturated carbocycles. The van der Waals surface area contributed by atoms with E-state index in [-0.39, 0.29) is 23.2 Å². The monoisotopic (exact) mass is 541 g/mol. The van der Waals surface area contributed by atoms with E-state index in [9.17, 15) is 28.0 Å². The van der Waals surface area contributed by atoms with Gasteiger partial charge in [-0.3, -0.25) is 24.2 Å². The van der Waals surface area contributed by atoms with Gasteiger partial charge in [0, 0.05) is 36.3 Å². The van der Waals surface area contributed by atoms with Crippen LogP contribution in [0.15, 0.2) is 30.5 Å². The van der Waals surface area contributed by atoms with Gasteiger partial charge in [-0.15, -0.1) is 0 Å². The first-order valence-corrected chi connectivity index (χ1v) is 12.9. The number of alkyl halides is 2. The number of halogens is 2. The van der Waals surface area contributed by atoms with Gasteiger partial charge in [0.1, 0.15) is 11.8 Å². The van der Waals surface area contributed by atoms with Crippen LogP contribution in [0.4, 0.5) is 14.5 Å². The molecule has 11 heteroatoms. The number of Topliss-reactive ketones (excluding diaryl/α,β-unsaturated/α-hetero) is 1. The number of nitrogens with one attached hydrogen (secondary N) is 2. The molecule has 1 aromatic heterocycles. The smallest absolute Gasteiger partial charge is 0.268 e. The second-order valence-corrected chi connectivity index (χ2v) is 10.3. The number of carbonyl (C=O) groups is 4. The molecule has 2 aromatic rings. The third-order valence-corrected chi connectivity index (χ3v) is 7.37. The number of nitrogens with zero attached hydrogens (tertiary/aromatic N) is 3. The molecule has 208 valence electrons. The Morgan fingerprint density at radius 2 is 1.95 bits per heavy atom. The van der Waals surface area contributed by atoms with Gasteiger partial charge in [0.15, 0.2) is 0 Å². The van der Waals surface area contributed by atoms with Gasteiger partial charge < -0.3 is 15.5 Å². The highest BCUT2D eigenvalue weighted by atomic mass is 19.3. The molecule has 39 heavy (non-hydrogen) atoms. The van der Waals surface area contributed by atoms with E-state index in [0.717, 1.165) is 4.90 Å². The summed E-state index contributed by atoms with van der Waals surface area (Å²) in [5.41, 5.74) is 0.0444. The van der Waals surface area contributed by atoms with E-state index in [4.69, 9.17) is 5.26 Å². The van der Waals surface area contributed by atoms with E-state index in [1.165, 1.54) is 12.3 Å². The molecule has 0 radical (unpaired) electrons. The first kappa shape index (κ1) is 29.6. The number of hydrogen-bond donors (Lipinski definition) is 2. The molecule has 2 atom stereocenters. The molecule has 9 nitrogen and oxygen atoms in total. The van der Waals surface area contributed by atoms with Crippen molar-refractivity contribution in [1.29, 1.82) is 5.26 Å². The number of rotatable bonds is 10. The number of benzene rings is 1. The first-order valence-electron chi connectivity index (χ1n) is 12.9. The van der Waals surface area contributed by atoms with Gasteiger partial charge in [0.25, 0.3) is 11.8 Å². The van der Waals surface area contributed by atoms with Crippen LogP contribution in [0, 0.1) is 22.7 Å². The van der Waals surface area contributed by atoms with Crippen LogP contribution in [0.2, 0.25) is 0 Å². The number of pyridine rings is 1. The molecule has 1 aliphatic rings. The Hall–Kier alpha value is -3.94. The van der Waals surface area contributed by atoms with Crippen LogP contribution < -0.4 is 10.6 Å². The Kier molecular flexibility index (Phi) is 8.99. The van der Waals surface area contributed by atoms with E-state index < -0.39 is 48.7 Å². The van der Waals surface area contributed by atoms with Crippen molar-refractivity contribution in [3.05, 3.63) is 36.0 Å². The van der Waals surface area contributed by atoms with Gasteiger partial charge in [-0.1, -0.05) is 46.2 Å². The highest BCUT2D eigenvalue weighted by Crippen LogP contribution is 2.35. The second-order valence-electron chi connectivity index (χ2n) is 10.3. The van der Waals surface area contributed by atoms with E-state index >= 15 is 0 Å². The Morgan fingerprint density at radius 1 is 1.23 bits per heavy atom. The summed E-state index contributed by atoms with van der Waals surface area (Å²) in [5.74, 6) is -4.94. The number of hydrogen-bond acceptors (Lipinski definition) is 6. The summed E-state index contributed by atoms with van der Waals surface area (Å²) in [6.45, 7) is 5.89. The molecule has 1 saturated heterocycles. The molecular formula is C28H33F2N5O4. The first-order chi connectivity index (χ1) is 18.3. The minimum absolute atomic E-state index is 0.0882. The van der Waals surface area contributed by atoms with E-state index in [1.807, 2.05) is 6.92 Å². The largest absolute Gasteiger partial charge is 0.343 e. The summed E-state index contributed by atoms with van der Waals surface area (Å²) >= 11 is 0. The van der Waals surface area contributed by atoms with Crippen LogP contribution in [-0.4, -0.2) is 58.4 Å². The lowest BCUT2D eigenvalue weighted by Gasteiger charge is -2.32. The third kappa shape index (κ3) is 6.56. The number of fused-ring (bicyclic) bond motifs is 1. The predicted molar refractivity (Wildman–Crippen MR) is 141 cm³/mol. The summed E-state index contributed by atoms with van der Waals surface area (Å²) in [6.07, 6.45) is 2.00. The summed E-state index contributed by atoms with van der Waals surface area (Å²) in [5, 5.41) is 14.9. The van der Waals surface area contributed by atoms with Crippen LogP contribution in [0.1, 0.15) is 63.7 Å². The van der Waals surface area contributed by atoms with Crippen LogP contribution >= 0.6 is 0 Å². The summed E-state index contributed by atoms with van der Waals surface area (Å²) < 4.78 is 27.4. The standard InChI is InChI=1S/C28H33F2N5O4/c1-5-17(12-19(36)6-2)27(3,4)26(39)34-22-9-7-8-20-21(10-11-32-24(20)22)25(38)33-15-23(37)35-16-28(29,30)13-18(35)14-31/h7-11,17-18H,5-6,12-13,15-16H2,1-4H3,(H,33,38)(H,34,39)/t17?,18-/m0/s1. The summed E-state index contributed by atoms with van der Waals surface area (Å²) in [7, 11) is 0. The summed E-state index contributed by atoms with van der Waals surface area (Å²) in [4.78, 5) is 55.9. The van der Waals surface area contributed by atoms with Crippen LogP contribution in [-0.2, 0) is 14.4 Å². The molecule has 2 N–H and O–H groups in total. The highest BCUT2D eigenvalue weighted by molar-refractivity contribution is 6.11. The molecule has 2 heterocycles. The van der Waals surface area contributed by atoms with Crippen molar-refractivity contribution < 1.29 is 28.0 Å². The molecule has 0 bridgehead atoms. The van der Waals surface area contributed by atoms with Crippen LogP contribution in [0.25, 0.3) is 10.9 Å². The van der Waals surface area contributed by atoms with Crippen LogP contribution in [0.5, 0.6) is 0 Å². The molecule has 1 aromatic carbocycles. The number of anilines is 1. The minimum Gasteiger partial charge on any atom is -0.343 e. The van der Waals surface area contributed by atoms with Gasteiger partial charge in [0.2, 0.25) is 11.8 Å². The molecule has 1 aliphatic heterocycles. The fraction of sp³-hybridized carbons (Fsp3) is 0.500. The van der Waals surface area contributed by atoms with Gasteiger partial charge in [-0.2, -0.15) is 5.26 Å². The zero-order chi connectivity index (χ0) is 29.0. The minimum atomic E-state index is -3.15. The summed E-state index contributed by atoms with van der Waals surface area (Å²) in [6, 6.07) is 6.84. The number of aromatic nitrogens is 1. The Morgan fingerprint density at radius 3 is 2.59 bits per heavy atom. The van der Waals surface area contributed by atoms with Gasteiger partial charge in [-0.25, -0.2) is 8.78 Å². The Labute approximate surface area is 225 Å². The number of carbonyl (C=O) groups excluding carboxylic acids is 4. The maximum atomic E-state index is 13.7. The van der Waals surface area contributed by atoms with Crippen molar-refractivity contribution in [1.82, 2.24) is 15.2 Å². The Bertz CT molecular complexity index is 1320. The fourth-order valence-electron chi connectivity index (χ4n) is 4.82. The van der Waals surface area contributed by atoms with Crippen molar-refractivity contribution in [3.8, 4) is 6.07 Å². The lowest BCUT2D eigenvalue weighted by Crippen LogP contribution is -2.43. The number of ketones is 1. The maximum absolute atomic E-state index is 13.7. The van der Waals surface area contributed by atoms with E-state index in [2.05, 4.69) is 15.6 Å². The highest BCUT2D eigenvalue weighted by Gasteiger charge is 2.47. The van der Waals surface area contributed by atoms with Crippen molar-refractivity contribution in [2.45, 2.75) is 65.3 Å². The van der Waals surface area contributed by atoms with Gasteiger partial charge in [0.05, 0.1) is 35.9 Å². The fourth-order valence-corrected chi connectivity index (χ4v) is 4.82. The van der Waals surface area contributed by atoms with E-state index in [1.54, 1.807) is 45.0 Å².